The zero-order chi connectivity index (χ0) is 15.7. The average molecular weight is 301 g/mol. The van der Waals surface area contributed by atoms with Crippen molar-refractivity contribution in [1.82, 2.24) is 9.88 Å². The molecule has 21 heavy (non-hydrogen) atoms. The fourth-order valence-electron chi connectivity index (χ4n) is 2.51. The summed E-state index contributed by atoms with van der Waals surface area (Å²) in [5.41, 5.74) is 1.99. The van der Waals surface area contributed by atoms with Crippen LogP contribution >= 0.6 is 0 Å². The Labute approximate surface area is 123 Å². The van der Waals surface area contributed by atoms with Crippen LogP contribution < -0.4 is 5.32 Å². The van der Waals surface area contributed by atoms with Gasteiger partial charge >= 0.3 is 6.18 Å². The van der Waals surface area contributed by atoms with E-state index in [2.05, 4.69) is 31.1 Å². The van der Waals surface area contributed by atoms with E-state index in [-0.39, 0.29) is 11.5 Å². The Balaban J connectivity index is 1.95. The molecule has 3 nitrogen and oxygen atoms in total. The summed E-state index contributed by atoms with van der Waals surface area (Å²) in [6, 6.07) is 2.07. The maximum absolute atomic E-state index is 12.4. The molecule has 1 aliphatic heterocycles. The van der Waals surface area contributed by atoms with E-state index >= 15 is 0 Å². The van der Waals surface area contributed by atoms with E-state index in [4.69, 9.17) is 0 Å². The van der Waals surface area contributed by atoms with E-state index in [1.807, 2.05) is 12.3 Å². The van der Waals surface area contributed by atoms with Crippen molar-refractivity contribution in [2.24, 2.45) is 0 Å². The van der Waals surface area contributed by atoms with Crippen molar-refractivity contribution >= 4 is 5.69 Å². The minimum Gasteiger partial charge on any atom is -0.380 e. The molecule has 2 heterocycles. The van der Waals surface area contributed by atoms with Crippen molar-refractivity contribution in [2.75, 3.05) is 25.0 Å². The maximum Gasteiger partial charge on any atom is 0.401 e. The molecule has 0 aliphatic carbocycles. The van der Waals surface area contributed by atoms with E-state index in [1.165, 1.54) is 4.90 Å². The summed E-state index contributed by atoms with van der Waals surface area (Å²) < 4.78 is 37.1. The molecule has 1 fully saturated rings. The number of halogens is 3. The largest absolute Gasteiger partial charge is 0.401 e. The zero-order valence-electron chi connectivity index (χ0n) is 12.7. The van der Waals surface area contributed by atoms with E-state index < -0.39 is 12.7 Å². The number of anilines is 1. The van der Waals surface area contributed by atoms with E-state index in [0.29, 0.717) is 13.1 Å². The van der Waals surface area contributed by atoms with Crippen LogP contribution in [-0.2, 0) is 5.41 Å². The van der Waals surface area contributed by atoms with Crippen molar-refractivity contribution in [1.29, 1.82) is 0 Å². The van der Waals surface area contributed by atoms with Gasteiger partial charge in [0, 0.05) is 31.5 Å². The highest BCUT2D eigenvalue weighted by Gasteiger charge is 2.34. The summed E-state index contributed by atoms with van der Waals surface area (Å²) in [5.74, 6) is 0. The zero-order valence-corrected chi connectivity index (χ0v) is 12.7. The predicted molar refractivity (Wildman–Crippen MR) is 77.5 cm³/mol. The normalized spacial score (nSPS) is 20.8. The van der Waals surface area contributed by atoms with Crippen LogP contribution in [0, 0.1) is 0 Å². The summed E-state index contributed by atoms with van der Waals surface area (Å²) in [6.45, 7) is 6.38. The third kappa shape index (κ3) is 4.88. The monoisotopic (exact) mass is 301 g/mol. The first-order valence-corrected chi connectivity index (χ1v) is 7.15. The third-order valence-electron chi connectivity index (χ3n) is 3.65. The molecule has 1 saturated heterocycles. The maximum atomic E-state index is 12.4. The first-order valence-electron chi connectivity index (χ1n) is 7.15. The minimum absolute atomic E-state index is 0.00266. The molecule has 118 valence electrons. The fourth-order valence-corrected chi connectivity index (χ4v) is 2.51. The quantitative estimate of drug-likeness (QED) is 0.927. The number of nitrogens with zero attached hydrogens (tertiary/aromatic N) is 2. The van der Waals surface area contributed by atoms with Gasteiger partial charge in [0.05, 0.1) is 12.2 Å². The van der Waals surface area contributed by atoms with Gasteiger partial charge < -0.3 is 5.32 Å². The van der Waals surface area contributed by atoms with Crippen molar-refractivity contribution in [2.45, 2.75) is 44.8 Å². The van der Waals surface area contributed by atoms with Crippen LogP contribution in [0.25, 0.3) is 0 Å². The second-order valence-electron chi connectivity index (χ2n) is 6.69. The molecule has 0 amide bonds. The molecule has 0 saturated carbocycles. The van der Waals surface area contributed by atoms with Gasteiger partial charge in [0.1, 0.15) is 0 Å². The van der Waals surface area contributed by atoms with Gasteiger partial charge in [-0.05, 0) is 23.5 Å². The average Bonchev–Trinajstić information content (AvgIpc) is 2.73. The van der Waals surface area contributed by atoms with Crippen LogP contribution in [0.1, 0.15) is 32.8 Å². The lowest BCUT2D eigenvalue weighted by atomic mass is 9.88. The first-order chi connectivity index (χ1) is 9.63. The summed E-state index contributed by atoms with van der Waals surface area (Å²) in [7, 11) is 0. The standard InChI is InChI=1S/C15H22F3N3/c1-14(2,3)11-6-13(8-19-7-11)20-12-4-5-21(9-12)10-15(16,17)18/h6-8,12,20H,4-5,9-10H2,1-3H3. The van der Waals surface area contributed by atoms with Gasteiger partial charge in [-0.2, -0.15) is 13.2 Å². The molecule has 1 aromatic rings. The summed E-state index contributed by atoms with van der Waals surface area (Å²) in [6.07, 6.45) is 0.149. The van der Waals surface area contributed by atoms with E-state index in [1.54, 1.807) is 6.20 Å². The first kappa shape index (κ1) is 16.1. The number of likely N-dealkylation sites (tertiary alicyclic amines) is 1. The molecule has 0 radical (unpaired) electrons. The van der Waals surface area contributed by atoms with Crippen molar-refractivity contribution in [3.05, 3.63) is 24.0 Å². The van der Waals surface area contributed by atoms with Gasteiger partial charge in [-0.15, -0.1) is 0 Å². The minimum atomic E-state index is -4.12. The molecule has 6 heteroatoms. The number of pyridine rings is 1. The smallest absolute Gasteiger partial charge is 0.380 e. The summed E-state index contributed by atoms with van der Waals surface area (Å²) in [5, 5.41) is 3.30. The Kier molecular flexibility index (Phi) is 4.46. The third-order valence-corrected chi connectivity index (χ3v) is 3.65. The second kappa shape index (κ2) is 5.83. The Morgan fingerprint density at radius 1 is 1.29 bits per heavy atom. The fraction of sp³-hybridized carbons (Fsp3) is 0.667. The highest BCUT2D eigenvalue weighted by Crippen LogP contribution is 2.25. The molecule has 1 aromatic heterocycles. The van der Waals surface area contributed by atoms with Crippen molar-refractivity contribution in [3.8, 4) is 0 Å². The number of hydrogen-bond donors (Lipinski definition) is 1. The molecule has 0 bridgehead atoms. The van der Waals surface area contributed by atoms with Gasteiger partial charge in [0.15, 0.2) is 0 Å². The lowest BCUT2D eigenvalue weighted by Gasteiger charge is -2.21. The van der Waals surface area contributed by atoms with Crippen molar-refractivity contribution < 1.29 is 13.2 Å². The SMILES string of the molecule is CC(C)(C)c1cncc(NC2CCN(CC(F)(F)F)C2)c1. The van der Waals surface area contributed by atoms with Crippen LogP contribution in [0.2, 0.25) is 0 Å². The molecule has 1 aliphatic rings. The van der Waals surface area contributed by atoms with Gasteiger partial charge in [0.2, 0.25) is 0 Å². The van der Waals surface area contributed by atoms with E-state index in [9.17, 15) is 13.2 Å². The van der Waals surface area contributed by atoms with E-state index in [0.717, 1.165) is 17.7 Å². The molecule has 0 aromatic carbocycles. The van der Waals surface area contributed by atoms with Crippen molar-refractivity contribution in [3.63, 3.8) is 0 Å². The Morgan fingerprint density at radius 2 is 2.00 bits per heavy atom. The number of hydrogen-bond acceptors (Lipinski definition) is 3. The highest BCUT2D eigenvalue weighted by atomic mass is 19.4. The Bertz CT molecular complexity index is 480. The number of aromatic nitrogens is 1. The van der Waals surface area contributed by atoms with Crippen LogP contribution in [0.4, 0.5) is 18.9 Å². The number of nitrogens with one attached hydrogen (secondary N) is 1. The van der Waals surface area contributed by atoms with Gasteiger partial charge in [-0.1, -0.05) is 20.8 Å². The van der Waals surface area contributed by atoms with Crippen LogP contribution in [0.15, 0.2) is 18.5 Å². The molecular formula is C15H22F3N3. The van der Waals surface area contributed by atoms with Gasteiger partial charge in [-0.3, -0.25) is 9.88 Å². The molecular weight excluding hydrogens is 279 g/mol. The molecule has 1 N–H and O–H groups in total. The molecule has 0 spiro atoms. The highest BCUT2D eigenvalue weighted by molar-refractivity contribution is 5.45. The Hall–Kier alpha value is -1.30. The molecule has 2 rings (SSSR count). The van der Waals surface area contributed by atoms with Crippen LogP contribution in [-0.4, -0.2) is 41.7 Å². The number of rotatable bonds is 3. The Morgan fingerprint density at radius 3 is 2.62 bits per heavy atom. The lowest BCUT2D eigenvalue weighted by molar-refractivity contribution is -0.143. The predicted octanol–water partition coefficient (Wildman–Crippen LogP) is 3.43. The molecule has 1 atom stereocenters. The number of alkyl halides is 3. The lowest BCUT2D eigenvalue weighted by Crippen LogP contribution is -2.34. The molecule has 1 unspecified atom stereocenters. The van der Waals surface area contributed by atoms with Crippen LogP contribution in [0.3, 0.4) is 0 Å². The topological polar surface area (TPSA) is 28.2 Å². The van der Waals surface area contributed by atoms with Gasteiger partial charge in [-0.25, -0.2) is 0 Å². The summed E-state index contributed by atoms with van der Waals surface area (Å²) >= 11 is 0. The summed E-state index contributed by atoms with van der Waals surface area (Å²) in [4.78, 5) is 5.66. The second-order valence-corrected chi connectivity index (χ2v) is 6.69. The van der Waals surface area contributed by atoms with Crippen LogP contribution in [0.5, 0.6) is 0 Å². The van der Waals surface area contributed by atoms with Gasteiger partial charge in [0.25, 0.3) is 0 Å².